The molecule has 0 saturated heterocycles. The summed E-state index contributed by atoms with van der Waals surface area (Å²) in [7, 11) is 0. The molecule has 8 heteroatoms. The standard InChI is InChI=1S/C12H8ClN3O4/c13-10-6-5-8(16(18)19)12(15-10)20-9-4-2-1-3-7(9)11(14)17/h1-6H,(H2,14,17). The zero-order valence-electron chi connectivity index (χ0n) is 9.95. The molecule has 0 atom stereocenters. The van der Waals surface area contributed by atoms with Gasteiger partial charge < -0.3 is 10.5 Å². The van der Waals surface area contributed by atoms with Crippen molar-refractivity contribution in [1.29, 1.82) is 0 Å². The minimum Gasteiger partial charge on any atom is -0.433 e. The molecule has 2 rings (SSSR count). The van der Waals surface area contributed by atoms with Gasteiger partial charge in [-0.3, -0.25) is 14.9 Å². The normalized spacial score (nSPS) is 10.1. The highest BCUT2D eigenvalue weighted by molar-refractivity contribution is 6.29. The fourth-order valence-electron chi connectivity index (χ4n) is 1.49. The quantitative estimate of drug-likeness (QED) is 0.529. The number of pyridine rings is 1. The van der Waals surface area contributed by atoms with Crippen LogP contribution >= 0.6 is 11.6 Å². The van der Waals surface area contributed by atoms with Crippen molar-refractivity contribution in [3.05, 3.63) is 57.2 Å². The van der Waals surface area contributed by atoms with Gasteiger partial charge in [-0.2, -0.15) is 4.98 Å². The molecular formula is C12H8ClN3O4. The number of carbonyl (C=O) groups excluding carboxylic acids is 1. The van der Waals surface area contributed by atoms with E-state index in [0.717, 1.165) is 6.07 Å². The smallest absolute Gasteiger partial charge is 0.331 e. The third-order valence-electron chi connectivity index (χ3n) is 2.36. The van der Waals surface area contributed by atoms with E-state index in [1.54, 1.807) is 12.1 Å². The molecule has 0 fully saturated rings. The molecule has 2 aromatic rings. The first-order valence-corrected chi connectivity index (χ1v) is 5.74. The Bertz CT molecular complexity index is 690. The molecule has 0 spiro atoms. The number of amides is 1. The van der Waals surface area contributed by atoms with E-state index >= 15 is 0 Å². The Morgan fingerprint density at radius 1 is 1.30 bits per heavy atom. The van der Waals surface area contributed by atoms with Crippen LogP contribution in [-0.4, -0.2) is 15.8 Å². The Morgan fingerprint density at radius 2 is 2.00 bits per heavy atom. The molecule has 102 valence electrons. The third-order valence-corrected chi connectivity index (χ3v) is 2.57. The maximum absolute atomic E-state index is 11.3. The lowest BCUT2D eigenvalue weighted by Gasteiger charge is -2.08. The van der Waals surface area contributed by atoms with Crippen molar-refractivity contribution >= 4 is 23.2 Å². The number of rotatable bonds is 4. The predicted molar refractivity (Wildman–Crippen MR) is 70.9 cm³/mol. The van der Waals surface area contributed by atoms with Crippen molar-refractivity contribution in [3.63, 3.8) is 0 Å². The second-order valence-electron chi connectivity index (χ2n) is 3.68. The van der Waals surface area contributed by atoms with Crippen LogP contribution in [0.4, 0.5) is 5.69 Å². The van der Waals surface area contributed by atoms with E-state index in [0.29, 0.717) is 0 Å². The maximum atomic E-state index is 11.3. The number of aromatic nitrogens is 1. The average Bonchev–Trinajstić information content (AvgIpc) is 2.38. The van der Waals surface area contributed by atoms with Gasteiger partial charge >= 0.3 is 11.6 Å². The summed E-state index contributed by atoms with van der Waals surface area (Å²) in [5.41, 5.74) is 4.92. The third kappa shape index (κ3) is 2.83. The Balaban J connectivity index is 2.47. The van der Waals surface area contributed by atoms with Crippen LogP contribution in [0, 0.1) is 10.1 Å². The van der Waals surface area contributed by atoms with Crippen LogP contribution in [-0.2, 0) is 0 Å². The van der Waals surface area contributed by atoms with Crippen molar-refractivity contribution in [2.75, 3.05) is 0 Å². The number of benzene rings is 1. The van der Waals surface area contributed by atoms with Crippen LogP contribution < -0.4 is 10.5 Å². The molecular weight excluding hydrogens is 286 g/mol. The number of primary amides is 1. The molecule has 0 unspecified atom stereocenters. The van der Waals surface area contributed by atoms with Gasteiger partial charge in [-0.1, -0.05) is 23.7 Å². The van der Waals surface area contributed by atoms with Gasteiger partial charge in [0.05, 0.1) is 10.5 Å². The first-order valence-electron chi connectivity index (χ1n) is 5.36. The fourth-order valence-corrected chi connectivity index (χ4v) is 1.63. The number of carbonyl (C=O) groups is 1. The second kappa shape index (κ2) is 5.54. The summed E-state index contributed by atoms with van der Waals surface area (Å²) in [5, 5.41) is 10.9. The van der Waals surface area contributed by atoms with Gasteiger partial charge in [0.1, 0.15) is 10.9 Å². The number of hydrogen-bond acceptors (Lipinski definition) is 5. The molecule has 0 aliphatic rings. The summed E-state index contributed by atoms with van der Waals surface area (Å²) >= 11 is 5.68. The van der Waals surface area contributed by atoms with Crippen molar-refractivity contribution in [1.82, 2.24) is 4.98 Å². The predicted octanol–water partition coefficient (Wildman–Crippen LogP) is 2.53. The first-order chi connectivity index (χ1) is 9.49. The molecule has 2 N–H and O–H groups in total. The Labute approximate surface area is 118 Å². The van der Waals surface area contributed by atoms with Crippen LogP contribution in [0.25, 0.3) is 0 Å². The van der Waals surface area contributed by atoms with E-state index in [9.17, 15) is 14.9 Å². The molecule has 1 amide bonds. The minimum atomic E-state index is -0.717. The van der Waals surface area contributed by atoms with Gasteiger partial charge in [-0.25, -0.2) is 0 Å². The number of ether oxygens (including phenoxy) is 1. The van der Waals surface area contributed by atoms with Crippen LogP contribution in [0.15, 0.2) is 36.4 Å². The summed E-state index contributed by atoms with van der Waals surface area (Å²) in [4.78, 5) is 25.2. The van der Waals surface area contributed by atoms with Gasteiger partial charge in [0.25, 0.3) is 5.91 Å². The van der Waals surface area contributed by atoms with E-state index in [-0.39, 0.29) is 28.0 Å². The molecule has 1 heterocycles. The van der Waals surface area contributed by atoms with Crippen molar-refractivity contribution in [2.24, 2.45) is 5.73 Å². The number of hydrogen-bond donors (Lipinski definition) is 1. The van der Waals surface area contributed by atoms with E-state index in [1.807, 2.05) is 0 Å². The Morgan fingerprint density at radius 3 is 2.65 bits per heavy atom. The molecule has 0 aliphatic heterocycles. The van der Waals surface area contributed by atoms with E-state index in [1.165, 1.54) is 18.2 Å². The first kappa shape index (κ1) is 13.8. The van der Waals surface area contributed by atoms with Gasteiger partial charge in [0.15, 0.2) is 0 Å². The zero-order valence-corrected chi connectivity index (χ0v) is 10.7. The summed E-state index contributed by atoms with van der Waals surface area (Å²) in [6.07, 6.45) is 0. The van der Waals surface area contributed by atoms with Crippen LogP contribution in [0.2, 0.25) is 5.15 Å². The molecule has 0 aliphatic carbocycles. The highest BCUT2D eigenvalue weighted by atomic mass is 35.5. The second-order valence-corrected chi connectivity index (χ2v) is 4.07. The summed E-state index contributed by atoms with van der Waals surface area (Å²) in [6, 6.07) is 8.51. The minimum absolute atomic E-state index is 0.0298. The highest BCUT2D eigenvalue weighted by Crippen LogP contribution is 2.32. The number of nitrogens with zero attached hydrogens (tertiary/aromatic N) is 2. The number of para-hydroxylation sites is 1. The molecule has 20 heavy (non-hydrogen) atoms. The number of nitro groups is 1. The fraction of sp³-hybridized carbons (Fsp3) is 0. The lowest BCUT2D eigenvalue weighted by Crippen LogP contribution is -2.12. The molecule has 0 bridgehead atoms. The summed E-state index contributed by atoms with van der Waals surface area (Å²) in [6.45, 7) is 0. The largest absolute Gasteiger partial charge is 0.433 e. The molecule has 1 aromatic carbocycles. The van der Waals surface area contributed by atoms with Crippen molar-refractivity contribution in [2.45, 2.75) is 0 Å². The van der Waals surface area contributed by atoms with Gasteiger partial charge in [0, 0.05) is 6.07 Å². The van der Waals surface area contributed by atoms with Gasteiger partial charge in [0.2, 0.25) is 0 Å². The number of halogens is 1. The van der Waals surface area contributed by atoms with E-state index in [4.69, 9.17) is 22.1 Å². The molecule has 0 saturated carbocycles. The van der Waals surface area contributed by atoms with Crippen LogP contribution in [0.1, 0.15) is 10.4 Å². The van der Waals surface area contributed by atoms with Gasteiger partial charge in [-0.05, 0) is 18.2 Å². The number of nitrogens with two attached hydrogens (primary N) is 1. The van der Waals surface area contributed by atoms with E-state index in [2.05, 4.69) is 4.98 Å². The highest BCUT2D eigenvalue weighted by Gasteiger charge is 2.20. The van der Waals surface area contributed by atoms with Crippen LogP contribution in [0.3, 0.4) is 0 Å². The Kier molecular flexibility index (Phi) is 3.81. The topological polar surface area (TPSA) is 108 Å². The monoisotopic (exact) mass is 293 g/mol. The van der Waals surface area contributed by atoms with E-state index < -0.39 is 10.8 Å². The zero-order chi connectivity index (χ0) is 14.7. The maximum Gasteiger partial charge on any atom is 0.331 e. The van der Waals surface area contributed by atoms with Crippen molar-refractivity contribution in [3.8, 4) is 11.6 Å². The SMILES string of the molecule is NC(=O)c1ccccc1Oc1nc(Cl)ccc1[N+](=O)[O-]. The summed E-state index contributed by atoms with van der Waals surface area (Å²) < 4.78 is 5.31. The molecule has 7 nitrogen and oxygen atoms in total. The average molecular weight is 294 g/mol. The Hall–Kier alpha value is -2.67. The molecule has 0 radical (unpaired) electrons. The summed E-state index contributed by atoms with van der Waals surface area (Å²) in [5.74, 6) is -0.959. The van der Waals surface area contributed by atoms with Gasteiger partial charge in [-0.15, -0.1) is 0 Å². The van der Waals surface area contributed by atoms with Crippen LogP contribution in [0.5, 0.6) is 11.6 Å². The lowest BCUT2D eigenvalue weighted by atomic mass is 10.2. The molecule has 1 aromatic heterocycles. The lowest BCUT2D eigenvalue weighted by molar-refractivity contribution is -0.386. The van der Waals surface area contributed by atoms with Crippen molar-refractivity contribution < 1.29 is 14.5 Å².